The van der Waals surface area contributed by atoms with E-state index >= 15 is 0 Å². The number of non-ortho nitro benzene ring substituents is 1. The first-order valence-electron chi connectivity index (χ1n) is 7.44. The number of aromatic nitrogens is 2. The van der Waals surface area contributed by atoms with Gasteiger partial charge in [-0.3, -0.25) is 19.7 Å². The van der Waals surface area contributed by atoms with Gasteiger partial charge in [0, 0.05) is 18.2 Å². The highest BCUT2D eigenvalue weighted by molar-refractivity contribution is 8.13. The Kier molecular flexibility index (Phi) is 7.98. The first kappa shape index (κ1) is 24.9. The molecule has 1 N–H and O–H groups in total. The zero-order chi connectivity index (χ0) is 23.3. The molecular formula is C15H11F6N3O5S. The van der Waals surface area contributed by atoms with Crippen molar-refractivity contribution in [1.29, 1.82) is 0 Å². The molecule has 0 radical (unpaired) electrons. The fourth-order valence-corrected chi connectivity index (χ4v) is 1.99. The molecule has 8 nitrogen and oxygen atoms in total. The van der Waals surface area contributed by atoms with Crippen molar-refractivity contribution in [1.82, 2.24) is 9.78 Å². The number of hydrogen-bond acceptors (Lipinski definition) is 7. The number of aromatic hydroxyl groups is 1. The molecule has 0 saturated carbocycles. The minimum absolute atomic E-state index is 0.0820. The predicted molar refractivity (Wildman–Crippen MR) is 91.1 cm³/mol. The molecule has 0 aliphatic rings. The second-order valence-corrected chi connectivity index (χ2v) is 6.11. The third kappa shape index (κ3) is 7.06. The van der Waals surface area contributed by atoms with Crippen molar-refractivity contribution >= 4 is 28.3 Å². The first-order chi connectivity index (χ1) is 13.7. The van der Waals surface area contributed by atoms with Gasteiger partial charge in [-0.15, -0.1) is 0 Å². The fourth-order valence-electron chi connectivity index (χ4n) is 1.72. The Morgan fingerprint density at radius 3 is 2.07 bits per heavy atom. The molecule has 0 saturated heterocycles. The summed E-state index contributed by atoms with van der Waals surface area (Å²) in [5, 5.41) is 22.3. The minimum Gasteiger partial charge on any atom is -0.493 e. The van der Waals surface area contributed by atoms with Crippen LogP contribution >= 0.6 is 11.8 Å². The summed E-state index contributed by atoms with van der Waals surface area (Å²) in [7, 11) is 0. The van der Waals surface area contributed by atoms with Crippen LogP contribution in [0.5, 0.6) is 5.88 Å². The molecule has 15 heteroatoms. The Hall–Kier alpha value is -3.10. The predicted octanol–water partition coefficient (Wildman–Crippen LogP) is 3.90. The topological polar surface area (TPSA) is 115 Å². The highest BCUT2D eigenvalue weighted by Gasteiger charge is 2.39. The molecule has 0 atom stereocenters. The van der Waals surface area contributed by atoms with Gasteiger partial charge in [0.05, 0.1) is 17.0 Å². The second-order valence-electron chi connectivity index (χ2n) is 5.24. The highest BCUT2D eigenvalue weighted by atomic mass is 32.2. The quantitative estimate of drug-likeness (QED) is 0.319. The van der Waals surface area contributed by atoms with Gasteiger partial charge in [-0.2, -0.15) is 31.4 Å². The summed E-state index contributed by atoms with van der Waals surface area (Å²) < 4.78 is 72.1. The molecule has 164 valence electrons. The number of hydrogen-bond donors (Lipinski definition) is 1. The van der Waals surface area contributed by atoms with Crippen LogP contribution in [0.1, 0.15) is 12.1 Å². The molecule has 0 aliphatic carbocycles. The van der Waals surface area contributed by atoms with Gasteiger partial charge in [0.25, 0.3) is 5.69 Å². The molecule has 1 heterocycles. The summed E-state index contributed by atoms with van der Waals surface area (Å²) in [6, 6.07) is 5.05. The van der Waals surface area contributed by atoms with Gasteiger partial charge < -0.3 is 5.11 Å². The number of alkyl halides is 6. The third-order valence-corrected chi connectivity index (χ3v) is 3.73. The monoisotopic (exact) mass is 459 g/mol. The van der Waals surface area contributed by atoms with Crippen LogP contribution < -0.4 is 0 Å². The number of ketones is 1. The molecule has 2 rings (SSSR count). The van der Waals surface area contributed by atoms with Crippen molar-refractivity contribution in [2.45, 2.75) is 18.8 Å². The lowest BCUT2D eigenvalue weighted by Gasteiger charge is -2.03. The lowest BCUT2D eigenvalue weighted by molar-refractivity contribution is -0.384. The van der Waals surface area contributed by atoms with Gasteiger partial charge in [0.1, 0.15) is 0 Å². The molecule has 0 fully saturated rings. The van der Waals surface area contributed by atoms with Crippen LogP contribution in [0.25, 0.3) is 5.69 Å². The SMILES string of the molecule is CSC(=O)CC(=O)C(F)(F)F.O=[N+]([O-])c1ccc(-n2nc(C(F)(F)F)cc2O)cc1. The van der Waals surface area contributed by atoms with E-state index in [0.29, 0.717) is 22.5 Å². The number of nitro benzene ring substituents is 1. The van der Waals surface area contributed by atoms with Crippen molar-refractivity contribution < 1.29 is 46.0 Å². The van der Waals surface area contributed by atoms with Crippen molar-refractivity contribution in [3.05, 3.63) is 46.1 Å². The Labute approximate surface area is 167 Å². The number of nitrogens with zero attached hydrogens (tertiary/aromatic N) is 3. The Morgan fingerprint density at radius 1 is 1.17 bits per heavy atom. The van der Waals surface area contributed by atoms with E-state index in [1.54, 1.807) is 0 Å². The van der Waals surface area contributed by atoms with Gasteiger partial charge in [-0.05, 0) is 18.4 Å². The van der Waals surface area contributed by atoms with Crippen molar-refractivity contribution in [2.75, 3.05) is 6.26 Å². The number of nitro groups is 1. The zero-order valence-electron chi connectivity index (χ0n) is 14.7. The molecule has 1 aromatic carbocycles. The third-order valence-electron chi connectivity index (χ3n) is 3.13. The van der Waals surface area contributed by atoms with E-state index in [2.05, 4.69) is 5.10 Å². The summed E-state index contributed by atoms with van der Waals surface area (Å²) in [4.78, 5) is 30.2. The number of thioether (sulfide) groups is 1. The van der Waals surface area contributed by atoms with Gasteiger partial charge in [-0.25, -0.2) is 4.68 Å². The van der Waals surface area contributed by atoms with Crippen LogP contribution in [-0.2, 0) is 15.8 Å². The Balaban J connectivity index is 0.000000352. The average molecular weight is 459 g/mol. The smallest absolute Gasteiger partial charge is 0.450 e. The number of carbonyl (C=O) groups excluding carboxylic acids is 2. The highest BCUT2D eigenvalue weighted by Crippen LogP contribution is 2.31. The molecule has 2 aromatic rings. The first-order valence-corrected chi connectivity index (χ1v) is 8.67. The molecule has 0 amide bonds. The molecule has 0 spiro atoms. The summed E-state index contributed by atoms with van der Waals surface area (Å²) in [5.74, 6) is -2.70. The van der Waals surface area contributed by atoms with Crippen LogP contribution in [0.2, 0.25) is 0 Å². The fraction of sp³-hybridized carbons (Fsp3) is 0.267. The molecular weight excluding hydrogens is 448 g/mol. The zero-order valence-corrected chi connectivity index (χ0v) is 15.5. The number of carbonyl (C=O) groups is 2. The van der Waals surface area contributed by atoms with Gasteiger partial charge >= 0.3 is 12.4 Å². The van der Waals surface area contributed by atoms with Crippen LogP contribution in [0.3, 0.4) is 0 Å². The number of benzene rings is 1. The number of Topliss-reactive ketones (excluding diaryl/α,β-unsaturated/α-hetero) is 1. The van der Waals surface area contributed by atoms with E-state index < -0.39 is 46.2 Å². The second kappa shape index (κ2) is 9.60. The molecule has 1 aromatic heterocycles. The van der Waals surface area contributed by atoms with Gasteiger partial charge in [-0.1, -0.05) is 11.8 Å². The van der Waals surface area contributed by atoms with Gasteiger partial charge in [0.2, 0.25) is 11.7 Å². The molecule has 30 heavy (non-hydrogen) atoms. The van der Waals surface area contributed by atoms with Crippen molar-refractivity contribution in [3.63, 3.8) is 0 Å². The summed E-state index contributed by atoms with van der Waals surface area (Å²) >= 11 is 0.609. The maximum atomic E-state index is 12.4. The summed E-state index contributed by atoms with van der Waals surface area (Å²) in [5.41, 5.74) is -1.38. The lowest BCUT2D eigenvalue weighted by Crippen LogP contribution is -2.24. The van der Waals surface area contributed by atoms with Crippen molar-refractivity contribution in [2.24, 2.45) is 0 Å². The summed E-state index contributed by atoms with van der Waals surface area (Å²) in [6.07, 6.45) is -9.30. The Morgan fingerprint density at radius 2 is 1.70 bits per heavy atom. The van der Waals surface area contributed by atoms with E-state index in [-0.39, 0.29) is 11.4 Å². The molecule has 0 unspecified atom stereocenters. The van der Waals surface area contributed by atoms with Gasteiger partial charge in [0.15, 0.2) is 10.8 Å². The van der Waals surface area contributed by atoms with Crippen LogP contribution in [-0.4, -0.2) is 43.1 Å². The minimum atomic E-state index is -4.88. The van der Waals surface area contributed by atoms with Crippen LogP contribution in [0, 0.1) is 10.1 Å². The maximum absolute atomic E-state index is 12.4. The number of rotatable bonds is 4. The van der Waals surface area contributed by atoms with Crippen LogP contribution in [0.15, 0.2) is 30.3 Å². The summed E-state index contributed by atoms with van der Waals surface area (Å²) in [6.45, 7) is 0. The normalized spacial score (nSPS) is 11.4. The average Bonchev–Trinajstić information content (AvgIpc) is 3.03. The van der Waals surface area contributed by atoms with E-state index in [9.17, 15) is 51.2 Å². The van der Waals surface area contributed by atoms with E-state index in [1.165, 1.54) is 18.4 Å². The maximum Gasteiger partial charge on any atom is 0.450 e. The van der Waals surface area contributed by atoms with E-state index in [4.69, 9.17) is 0 Å². The largest absolute Gasteiger partial charge is 0.493 e. The standard InChI is InChI=1S/C10H6F3N3O3.C5H5F3O2S/c11-10(12,13)8-5-9(17)15(14-8)6-1-3-7(4-2-6)16(18)19;1-11-4(10)2-3(9)5(6,7)8/h1-5,17H;2H2,1H3. The Bertz CT molecular complexity index is 924. The van der Waals surface area contributed by atoms with Crippen LogP contribution in [0.4, 0.5) is 32.0 Å². The van der Waals surface area contributed by atoms with E-state index in [1.807, 2.05) is 0 Å². The lowest BCUT2D eigenvalue weighted by atomic mass is 10.3. The molecule has 0 bridgehead atoms. The van der Waals surface area contributed by atoms with E-state index in [0.717, 1.165) is 12.1 Å². The van der Waals surface area contributed by atoms with Crippen molar-refractivity contribution in [3.8, 4) is 11.6 Å². The number of halogens is 6. The molecule has 0 aliphatic heterocycles.